The average Bonchev–Trinajstić information content (AvgIpc) is 3.39. The number of unbranched alkanes of at least 4 members (excludes halogenated alkanes) is 1. The van der Waals surface area contributed by atoms with Crippen LogP contribution in [-0.4, -0.2) is 113 Å². The lowest BCUT2D eigenvalue weighted by Gasteiger charge is -2.52. The summed E-state index contributed by atoms with van der Waals surface area (Å²) < 4.78 is 34.8. The van der Waals surface area contributed by atoms with Crippen molar-refractivity contribution < 1.29 is 27.9 Å². The van der Waals surface area contributed by atoms with E-state index in [1.165, 1.54) is 4.31 Å². The number of likely N-dealkylation sites (tertiary alicyclic amines) is 1. The number of aliphatic hydroxyl groups is 1. The summed E-state index contributed by atoms with van der Waals surface area (Å²) in [5, 5.41) is 19.1. The van der Waals surface area contributed by atoms with E-state index in [9.17, 15) is 23.1 Å². The van der Waals surface area contributed by atoms with Gasteiger partial charge in [0.05, 0.1) is 35.6 Å². The molecule has 3 saturated heterocycles. The highest BCUT2D eigenvalue weighted by Gasteiger charge is 2.55. The first-order chi connectivity index (χ1) is 23.1. The number of nitrogens with one attached hydrogen (secondary N) is 1. The summed E-state index contributed by atoms with van der Waals surface area (Å²) in [7, 11) is -3.58. The molecule has 3 aliphatic heterocycles. The Balaban J connectivity index is 0.00000468. The second kappa shape index (κ2) is 15.8. The van der Waals surface area contributed by atoms with Gasteiger partial charge in [-0.05, 0) is 76.1 Å². The number of amides is 2. The number of aryl methyl sites for hydroxylation is 1. The van der Waals surface area contributed by atoms with Crippen LogP contribution < -0.4 is 5.32 Å². The molecule has 2 aromatic rings. The van der Waals surface area contributed by atoms with Gasteiger partial charge in [-0.25, -0.2) is 13.1 Å². The molecule has 2 atom stereocenters. The fourth-order valence-electron chi connectivity index (χ4n) is 8.11. The van der Waals surface area contributed by atoms with E-state index in [0.717, 1.165) is 67.6 Å². The third-order valence-corrected chi connectivity index (χ3v) is 13.1. The number of hydrogen-bond acceptors (Lipinski definition) is 8. The van der Waals surface area contributed by atoms with Crippen molar-refractivity contribution in [1.82, 2.24) is 29.2 Å². The Bertz CT molecular complexity index is 1560. The second-order valence-corrected chi connectivity index (χ2v) is 16.0. The zero-order chi connectivity index (χ0) is 34.1. The lowest BCUT2D eigenvalue weighted by atomic mass is 9.78. The van der Waals surface area contributed by atoms with E-state index in [4.69, 9.17) is 9.84 Å². The fraction of sp³-hybridized carbons (Fsp3) is 0.686. The third kappa shape index (κ3) is 7.43. The van der Waals surface area contributed by atoms with Crippen LogP contribution in [-0.2, 0) is 30.9 Å². The molecule has 14 heteroatoms. The van der Waals surface area contributed by atoms with Crippen LogP contribution in [0.15, 0.2) is 29.2 Å². The molecule has 0 unspecified atom stereocenters. The normalized spacial score (nSPS) is 23.3. The summed E-state index contributed by atoms with van der Waals surface area (Å²) in [6.45, 7) is 10.1. The molecule has 1 spiro atoms. The molecule has 2 amide bonds. The lowest BCUT2D eigenvalue weighted by molar-refractivity contribution is -0.166. The SMILES string of the molecule is CCCCN1C(=O)[C@@H]([C@H](O)C2CCCCC2)NC(=O)C12CCN(Cc1c(C)nn(-c3ccc(S(=O)(=O)N4CCOCC4)cc3)c1C)CC2.Cl. The van der Waals surface area contributed by atoms with Crippen LogP contribution >= 0.6 is 12.4 Å². The van der Waals surface area contributed by atoms with Crippen molar-refractivity contribution in [1.29, 1.82) is 0 Å². The number of carbonyl (C=O) groups is 2. The summed E-state index contributed by atoms with van der Waals surface area (Å²) in [5.41, 5.74) is 2.86. The molecule has 4 heterocycles. The number of rotatable bonds is 10. The minimum absolute atomic E-state index is 0. The Morgan fingerprint density at radius 2 is 1.67 bits per heavy atom. The summed E-state index contributed by atoms with van der Waals surface area (Å²) in [4.78, 5) is 32.3. The summed E-state index contributed by atoms with van der Waals surface area (Å²) >= 11 is 0. The van der Waals surface area contributed by atoms with Crippen molar-refractivity contribution in [2.24, 2.45) is 5.92 Å². The van der Waals surface area contributed by atoms with Gasteiger partial charge in [0.15, 0.2) is 0 Å². The van der Waals surface area contributed by atoms with Gasteiger partial charge in [0, 0.05) is 50.5 Å². The molecule has 0 bridgehead atoms. The number of piperazine rings is 1. The summed E-state index contributed by atoms with van der Waals surface area (Å²) in [6.07, 6.45) is 7.01. The van der Waals surface area contributed by atoms with Crippen LogP contribution in [0, 0.1) is 19.8 Å². The molecule has 1 aromatic carbocycles. The Kier molecular flexibility index (Phi) is 12.1. The van der Waals surface area contributed by atoms with Crippen molar-refractivity contribution in [2.45, 2.75) is 108 Å². The number of nitrogens with zero attached hydrogens (tertiary/aromatic N) is 5. The third-order valence-electron chi connectivity index (χ3n) is 11.2. The smallest absolute Gasteiger partial charge is 0.248 e. The van der Waals surface area contributed by atoms with E-state index >= 15 is 0 Å². The highest BCUT2D eigenvalue weighted by Crippen LogP contribution is 2.37. The van der Waals surface area contributed by atoms with Crippen LogP contribution in [0.4, 0.5) is 0 Å². The predicted molar refractivity (Wildman–Crippen MR) is 188 cm³/mol. The molecular formula is C35H53ClN6O6S. The van der Waals surface area contributed by atoms with Crippen molar-refractivity contribution in [3.63, 3.8) is 0 Å². The maximum absolute atomic E-state index is 14.0. The van der Waals surface area contributed by atoms with Crippen LogP contribution in [0.2, 0.25) is 0 Å². The molecule has 12 nitrogen and oxygen atoms in total. The number of morpholine rings is 1. The Labute approximate surface area is 297 Å². The predicted octanol–water partition coefficient (Wildman–Crippen LogP) is 3.33. The molecule has 272 valence electrons. The number of hydrogen-bond donors (Lipinski definition) is 2. The topological polar surface area (TPSA) is 137 Å². The van der Waals surface area contributed by atoms with Crippen molar-refractivity contribution in [3.05, 3.63) is 41.2 Å². The molecule has 6 rings (SSSR count). The number of sulfonamides is 1. The van der Waals surface area contributed by atoms with E-state index in [2.05, 4.69) is 17.1 Å². The van der Waals surface area contributed by atoms with Gasteiger partial charge in [0.25, 0.3) is 0 Å². The van der Waals surface area contributed by atoms with Gasteiger partial charge < -0.3 is 20.1 Å². The zero-order valence-electron chi connectivity index (χ0n) is 29.1. The first-order valence-corrected chi connectivity index (χ1v) is 19.3. The van der Waals surface area contributed by atoms with Gasteiger partial charge in [-0.3, -0.25) is 14.5 Å². The molecule has 0 radical (unpaired) electrons. The number of aromatic nitrogens is 2. The highest BCUT2D eigenvalue weighted by molar-refractivity contribution is 7.89. The molecular weight excluding hydrogens is 668 g/mol. The molecule has 1 aromatic heterocycles. The maximum atomic E-state index is 14.0. The van der Waals surface area contributed by atoms with E-state index in [1.54, 1.807) is 24.3 Å². The number of benzene rings is 1. The fourth-order valence-corrected chi connectivity index (χ4v) is 9.52. The van der Waals surface area contributed by atoms with E-state index in [0.29, 0.717) is 65.3 Å². The van der Waals surface area contributed by atoms with Gasteiger partial charge in [-0.2, -0.15) is 9.40 Å². The number of aliphatic hydroxyl groups excluding tert-OH is 1. The molecule has 4 fully saturated rings. The average molecular weight is 721 g/mol. The van der Waals surface area contributed by atoms with E-state index in [-0.39, 0.29) is 35.0 Å². The highest BCUT2D eigenvalue weighted by atomic mass is 35.5. The molecule has 1 saturated carbocycles. The Morgan fingerprint density at radius 3 is 2.31 bits per heavy atom. The maximum Gasteiger partial charge on any atom is 0.248 e. The Hall–Kier alpha value is -2.55. The zero-order valence-corrected chi connectivity index (χ0v) is 30.7. The quantitative estimate of drug-likeness (QED) is 0.382. The molecule has 4 aliphatic rings. The van der Waals surface area contributed by atoms with Crippen LogP contribution in [0.3, 0.4) is 0 Å². The molecule has 1 aliphatic carbocycles. The number of ether oxygens (including phenoxy) is 1. The van der Waals surface area contributed by atoms with Crippen LogP contribution in [0.5, 0.6) is 0 Å². The Morgan fingerprint density at radius 1 is 1.02 bits per heavy atom. The van der Waals surface area contributed by atoms with Gasteiger partial charge in [0.2, 0.25) is 21.8 Å². The van der Waals surface area contributed by atoms with Gasteiger partial charge in [0.1, 0.15) is 11.6 Å². The van der Waals surface area contributed by atoms with Crippen LogP contribution in [0.25, 0.3) is 5.69 Å². The first-order valence-electron chi connectivity index (χ1n) is 17.8. The summed E-state index contributed by atoms with van der Waals surface area (Å²) in [5.74, 6) is -0.214. The largest absolute Gasteiger partial charge is 0.390 e. The lowest BCUT2D eigenvalue weighted by Crippen LogP contribution is -2.75. The van der Waals surface area contributed by atoms with Gasteiger partial charge in [-0.1, -0.05) is 32.6 Å². The van der Waals surface area contributed by atoms with Gasteiger partial charge in [-0.15, -0.1) is 12.4 Å². The van der Waals surface area contributed by atoms with Gasteiger partial charge >= 0.3 is 0 Å². The number of piperidine rings is 1. The van der Waals surface area contributed by atoms with E-state index < -0.39 is 27.7 Å². The van der Waals surface area contributed by atoms with Crippen LogP contribution in [0.1, 0.15) is 81.7 Å². The van der Waals surface area contributed by atoms with E-state index in [1.807, 2.05) is 23.4 Å². The second-order valence-electron chi connectivity index (χ2n) is 14.1. The molecule has 49 heavy (non-hydrogen) atoms. The van der Waals surface area contributed by atoms with Crippen molar-refractivity contribution in [3.8, 4) is 5.69 Å². The van der Waals surface area contributed by atoms with Crippen molar-refractivity contribution in [2.75, 3.05) is 45.9 Å². The minimum Gasteiger partial charge on any atom is -0.390 e. The first kappa shape index (κ1) is 37.7. The molecule has 2 N–H and O–H groups in total. The standard InChI is InChI=1S/C35H52N6O6S.ClH/c1-4-5-17-40-33(43)31(32(42)27-9-7-6-8-10-27)36-34(44)35(40)15-18-38(19-16-35)24-30-25(2)37-41(26(30)3)28-11-13-29(14-12-28)48(45,46)39-20-22-47-23-21-39;/h11-14,27,31-32,42H,4-10,15-24H2,1-3H3,(H,36,44);1H/t31-,32-;/m1./s1. The number of carbonyl (C=O) groups excluding carboxylic acids is 2. The van der Waals surface area contributed by atoms with Crippen molar-refractivity contribution >= 4 is 34.2 Å². The summed E-state index contributed by atoms with van der Waals surface area (Å²) in [6, 6.07) is 6.00. The monoisotopic (exact) mass is 720 g/mol. The number of halogens is 1. The minimum atomic E-state index is -3.58.